The molecule has 0 amide bonds. The van der Waals surface area contributed by atoms with Crippen molar-refractivity contribution in [2.45, 2.75) is 33.2 Å². The molecule has 0 spiro atoms. The molecule has 1 aliphatic rings. The Kier molecular flexibility index (Phi) is 6.06. The van der Waals surface area contributed by atoms with E-state index in [-0.39, 0.29) is 5.97 Å². The lowest BCUT2D eigenvalue weighted by atomic mass is 10.1. The lowest BCUT2D eigenvalue weighted by molar-refractivity contribution is 0.0600. The van der Waals surface area contributed by atoms with Gasteiger partial charge in [-0.2, -0.15) is 0 Å². The van der Waals surface area contributed by atoms with Crippen LogP contribution in [0.1, 0.15) is 47.2 Å². The molecule has 3 rings (SSSR count). The van der Waals surface area contributed by atoms with E-state index in [1.165, 1.54) is 12.7 Å². The number of nitrogens with zero attached hydrogens (tertiary/aromatic N) is 4. The molecule has 1 aromatic carbocycles. The van der Waals surface area contributed by atoms with Crippen molar-refractivity contribution in [2.75, 3.05) is 38.2 Å². The molecular formula is C21H28N4O2. The first-order valence-electron chi connectivity index (χ1n) is 9.46. The fourth-order valence-electron chi connectivity index (χ4n) is 3.25. The number of esters is 1. The van der Waals surface area contributed by atoms with Gasteiger partial charge in [-0.05, 0) is 24.6 Å². The van der Waals surface area contributed by atoms with Gasteiger partial charge in [-0.15, -0.1) is 0 Å². The summed E-state index contributed by atoms with van der Waals surface area (Å²) in [5.74, 6) is 1.99. The smallest absolute Gasteiger partial charge is 0.337 e. The van der Waals surface area contributed by atoms with E-state index in [1.807, 2.05) is 31.2 Å². The summed E-state index contributed by atoms with van der Waals surface area (Å²) < 4.78 is 4.75. The second kappa shape index (κ2) is 8.48. The lowest BCUT2D eigenvalue weighted by Crippen LogP contribution is -2.46. The molecule has 144 valence electrons. The number of methoxy groups -OCH3 is 1. The van der Waals surface area contributed by atoms with E-state index in [4.69, 9.17) is 9.72 Å². The average Bonchev–Trinajstić information content (AvgIpc) is 2.68. The molecule has 0 bridgehead atoms. The van der Waals surface area contributed by atoms with Gasteiger partial charge in [0.25, 0.3) is 0 Å². The maximum atomic E-state index is 11.5. The van der Waals surface area contributed by atoms with Crippen molar-refractivity contribution in [1.29, 1.82) is 0 Å². The SMILES string of the molecule is COC(=O)c1ccc(CN2CCN(c3cc(C)nc(C(C)C)n3)CC2)cc1. The molecule has 0 atom stereocenters. The van der Waals surface area contributed by atoms with Crippen molar-refractivity contribution in [3.63, 3.8) is 0 Å². The molecule has 27 heavy (non-hydrogen) atoms. The molecule has 1 fully saturated rings. The van der Waals surface area contributed by atoms with E-state index in [2.05, 4.69) is 34.7 Å². The molecule has 0 aliphatic carbocycles. The third-order valence-corrected chi connectivity index (χ3v) is 4.85. The molecule has 6 nitrogen and oxygen atoms in total. The Hall–Kier alpha value is -2.47. The van der Waals surface area contributed by atoms with Crippen LogP contribution in [0.5, 0.6) is 0 Å². The zero-order valence-corrected chi connectivity index (χ0v) is 16.6. The highest BCUT2D eigenvalue weighted by atomic mass is 16.5. The number of aromatic nitrogens is 2. The normalized spacial score (nSPS) is 15.2. The molecule has 0 unspecified atom stereocenters. The summed E-state index contributed by atoms with van der Waals surface area (Å²) in [5, 5.41) is 0. The number of carbonyl (C=O) groups is 1. The molecule has 1 aromatic heterocycles. The zero-order valence-electron chi connectivity index (χ0n) is 16.6. The van der Waals surface area contributed by atoms with Crippen LogP contribution in [0.2, 0.25) is 0 Å². The minimum Gasteiger partial charge on any atom is -0.465 e. The highest BCUT2D eigenvalue weighted by Gasteiger charge is 2.19. The number of hydrogen-bond donors (Lipinski definition) is 0. The number of carbonyl (C=O) groups excluding carboxylic acids is 1. The number of aryl methyl sites for hydroxylation is 1. The van der Waals surface area contributed by atoms with E-state index in [0.717, 1.165) is 50.1 Å². The summed E-state index contributed by atoms with van der Waals surface area (Å²) in [6.07, 6.45) is 0. The molecule has 2 heterocycles. The minimum atomic E-state index is -0.295. The van der Waals surface area contributed by atoms with Gasteiger partial charge in [0.05, 0.1) is 12.7 Å². The maximum absolute atomic E-state index is 11.5. The fourth-order valence-corrected chi connectivity index (χ4v) is 3.25. The van der Waals surface area contributed by atoms with E-state index in [1.54, 1.807) is 0 Å². The average molecular weight is 368 g/mol. The van der Waals surface area contributed by atoms with E-state index in [0.29, 0.717) is 11.5 Å². The molecule has 2 aromatic rings. The zero-order chi connectivity index (χ0) is 19.4. The Balaban J connectivity index is 1.58. The number of anilines is 1. The molecular weight excluding hydrogens is 340 g/mol. The predicted molar refractivity (Wildman–Crippen MR) is 106 cm³/mol. The number of piperazine rings is 1. The van der Waals surface area contributed by atoms with Crippen LogP contribution in [0.25, 0.3) is 0 Å². The first-order valence-corrected chi connectivity index (χ1v) is 9.46. The first-order chi connectivity index (χ1) is 13.0. The quantitative estimate of drug-likeness (QED) is 0.756. The van der Waals surface area contributed by atoms with Crippen LogP contribution in [-0.4, -0.2) is 54.1 Å². The van der Waals surface area contributed by atoms with Gasteiger partial charge in [0.2, 0.25) is 0 Å². The Labute approximate surface area is 161 Å². The maximum Gasteiger partial charge on any atom is 0.337 e. The van der Waals surface area contributed by atoms with E-state index >= 15 is 0 Å². The first kappa shape index (κ1) is 19.3. The lowest BCUT2D eigenvalue weighted by Gasteiger charge is -2.35. The number of benzene rings is 1. The largest absolute Gasteiger partial charge is 0.465 e. The van der Waals surface area contributed by atoms with Crippen LogP contribution in [-0.2, 0) is 11.3 Å². The van der Waals surface area contributed by atoms with Crippen LogP contribution >= 0.6 is 0 Å². The standard InChI is InChI=1S/C21H28N4O2/c1-15(2)20-22-16(3)13-19(23-20)25-11-9-24(10-12-25)14-17-5-7-18(8-6-17)21(26)27-4/h5-8,13,15H,9-12,14H2,1-4H3. The summed E-state index contributed by atoms with van der Waals surface area (Å²) in [5.41, 5.74) is 2.82. The van der Waals surface area contributed by atoms with Gasteiger partial charge in [-0.3, -0.25) is 4.90 Å². The highest BCUT2D eigenvalue weighted by molar-refractivity contribution is 5.89. The Morgan fingerprint density at radius 2 is 1.78 bits per heavy atom. The Morgan fingerprint density at radius 3 is 2.37 bits per heavy atom. The second-order valence-corrected chi connectivity index (χ2v) is 7.33. The van der Waals surface area contributed by atoms with Crippen LogP contribution in [0.4, 0.5) is 5.82 Å². The number of hydrogen-bond acceptors (Lipinski definition) is 6. The topological polar surface area (TPSA) is 58.6 Å². The predicted octanol–water partition coefficient (Wildman–Crippen LogP) is 3.02. The third-order valence-electron chi connectivity index (χ3n) is 4.85. The second-order valence-electron chi connectivity index (χ2n) is 7.33. The van der Waals surface area contributed by atoms with Crippen LogP contribution in [0.15, 0.2) is 30.3 Å². The van der Waals surface area contributed by atoms with Gasteiger partial charge in [-0.1, -0.05) is 26.0 Å². The summed E-state index contributed by atoms with van der Waals surface area (Å²) in [7, 11) is 1.40. The van der Waals surface area contributed by atoms with Gasteiger partial charge in [0.1, 0.15) is 11.6 Å². The molecule has 0 radical (unpaired) electrons. The fraction of sp³-hybridized carbons (Fsp3) is 0.476. The van der Waals surface area contributed by atoms with Gasteiger partial charge in [0, 0.05) is 50.4 Å². The van der Waals surface area contributed by atoms with Gasteiger partial charge in [0.15, 0.2) is 0 Å². The summed E-state index contributed by atoms with van der Waals surface area (Å²) in [6, 6.07) is 9.73. The Morgan fingerprint density at radius 1 is 1.11 bits per heavy atom. The molecule has 1 aliphatic heterocycles. The minimum absolute atomic E-state index is 0.295. The highest BCUT2D eigenvalue weighted by Crippen LogP contribution is 2.19. The molecule has 6 heteroatoms. The van der Waals surface area contributed by atoms with Crippen molar-refractivity contribution in [3.8, 4) is 0 Å². The van der Waals surface area contributed by atoms with E-state index in [9.17, 15) is 4.79 Å². The summed E-state index contributed by atoms with van der Waals surface area (Å²) >= 11 is 0. The van der Waals surface area contributed by atoms with Crippen LogP contribution < -0.4 is 4.90 Å². The monoisotopic (exact) mass is 368 g/mol. The van der Waals surface area contributed by atoms with Crippen LogP contribution in [0.3, 0.4) is 0 Å². The van der Waals surface area contributed by atoms with Crippen LogP contribution in [0, 0.1) is 6.92 Å². The van der Waals surface area contributed by atoms with Crippen molar-refractivity contribution >= 4 is 11.8 Å². The van der Waals surface area contributed by atoms with E-state index < -0.39 is 0 Å². The summed E-state index contributed by atoms with van der Waals surface area (Å²) in [4.78, 5) is 25.6. The summed E-state index contributed by atoms with van der Waals surface area (Å²) in [6.45, 7) is 11.0. The number of rotatable bonds is 5. The van der Waals surface area contributed by atoms with Gasteiger partial charge < -0.3 is 9.64 Å². The molecule has 1 saturated heterocycles. The van der Waals surface area contributed by atoms with Crippen molar-refractivity contribution in [1.82, 2.24) is 14.9 Å². The molecule has 0 N–H and O–H groups in total. The van der Waals surface area contributed by atoms with Gasteiger partial charge in [-0.25, -0.2) is 14.8 Å². The molecule has 0 saturated carbocycles. The Bertz CT molecular complexity index is 781. The van der Waals surface area contributed by atoms with Gasteiger partial charge >= 0.3 is 5.97 Å². The van der Waals surface area contributed by atoms with Crippen molar-refractivity contribution in [3.05, 3.63) is 53.0 Å². The van der Waals surface area contributed by atoms with Crippen molar-refractivity contribution in [2.24, 2.45) is 0 Å². The van der Waals surface area contributed by atoms with Crippen molar-refractivity contribution < 1.29 is 9.53 Å². The third kappa shape index (κ3) is 4.83. The number of ether oxygens (including phenoxy) is 1.